The van der Waals surface area contributed by atoms with Crippen LogP contribution in [0.4, 0.5) is 0 Å². The number of likely N-dealkylation sites (tertiary alicyclic amines) is 1. The lowest BCUT2D eigenvalue weighted by molar-refractivity contribution is -0.149. The van der Waals surface area contributed by atoms with Gasteiger partial charge in [-0.1, -0.05) is 13.8 Å². The number of aromatic nitrogens is 2. The van der Waals surface area contributed by atoms with E-state index in [0.29, 0.717) is 12.1 Å². The van der Waals surface area contributed by atoms with Crippen molar-refractivity contribution >= 4 is 41.4 Å². The Morgan fingerprint density at radius 1 is 0.936 bits per heavy atom. The number of carbonyl (C=O) groups is 7. The lowest BCUT2D eigenvalue weighted by Gasteiger charge is -2.29. The second-order valence-electron chi connectivity index (χ2n) is 11.7. The molecular formula is C28H45N9O10. The maximum Gasteiger partial charge on any atom is 0.326 e. The molecule has 47 heavy (non-hydrogen) atoms. The quantitative estimate of drug-likeness (QED) is 0.0669. The number of amides is 6. The molecule has 262 valence electrons. The highest BCUT2D eigenvalue weighted by Crippen LogP contribution is 2.20. The van der Waals surface area contributed by atoms with Crippen LogP contribution in [0.2, 0.25) is 0 Å². The Balaban J connectivity index is 2.09. The number of rotatable bonds is 19. The van der Waals surface area contributed by atoms with Gasteiger partial charge in [0.1, 0.15) is 30.2 Å². The van der Waals surface area contributed by atoms with Crippen LogP contribution in [0, 0.1) is 5.92 Å². The number of imidazole rings is 1. The molecule has 1 aromatic heterocycles. The predicted molar refractivity (Wildman–Crippen MR) is 162 cm³/mol. The van der Waals surface area contributed by atoms with Gasteiger partial charge in [-0.2, -0.15) is 0 Å². The Kier molecular flexibility index (Phi) is 15.2. The molecule has 0 aliphatic carbocycles. The molecule has 19 nitrogen and oxygen atoms in total. The maximum atomic E-state index is 13.2. The number of aliphatic carboxylic acids is 1. The number of primary amides is 1. The Morgan fingerprint density at radius 2 is 1.49 bits per heavy atom. The lowest BCUT2D eigenvalue weighted by atomic mass is 10.0. The van der Waals surface area contributed by atoms with Gasteiger partial charge in [-0.25, -0.2) is 9.78 Å². The molecule has 0 radical (unpaired) electrons. The highest BCUT2D eigenvalue weighted by Gasteiger charge is 2.39. The Bertz CT molecular complexity index is 1260. The van der Waals surface area contributed by atoms with Gasteiger partial charge < -0.3 is 57.9 Å². The van der Waals surface area contributed by atoms with E-state index in [4.69, 9.17) is 11.5 Å². The molecule has 0 unspecified atom stereocenters. The first-order chi connectivity index (χ1) is 22.2. The van der Waals surface area contributed by atoms with Gasteiger partial charge in [-0.3, -0.25) is 28.8 Å². The number of carboxylic acid groups (broad SMARTS) is 1. The number of carbonyl (C=O) groups excluding carboxylic acids is 6. The number of H-pyrrole nitrogens is 1. The van der Waals surface area contributed by atoms with Crippen molar-refractivity contribution in [3.8, 4) is 0 Å². The van der Waals surface area contributed by atoms with Gasteiger partial charge in [0.15, 0.2) is 0 Å². The molecule has 12 N–H and O–H groups in total. The van der Waals surface area contributed by atoms with Crippen LogP contribution < -0.4 is 32.7 Å². The fourth-order valence-electron chi connectivity index (χ4n) is 4.95. The summed E-state index contributed by atoms with van der Waals surface area (Å²) in [4.78, 5) is 95.9. The first kappa shape index (κ1) is 38.6. The third-order valence-corrected chi connectivity index (χ3v) is 7.42. The first-order valence-corrected chi connectivity index (χ1v) is 15.2. The number of aromatic amines is 1. The molecular weight excluding hydrogens is 622 g/mol. The van der Waals surface area contributed by atoms with Gasteiger partial charge in [0.2, 0.25) is 35.4 Å². The van der Waals surface area contributed by atoms with Crippen molar-refractivity contribution in [3.05, 3.63) is 18.2 Å². The number of nitrogens with one attached hydrogen (secondary N) is 5. The fraction of sp³-hybridized carbons (Fsp3) is 0.643. The summed E-state index contributed by atoms with van der Waals surface area (Å²) in [5.74, 6) is -6.46. The van der Waals surface area contributed by atoms with E-state index in [1.165, 1.54) is 17.4 Å². The predicted octanol–water partition coefficient (Wildman–Crippen LogP) is -4.41. The van der Waals surface area contributed by atoms with Crippen molar-refractivity contribution in [1.29, 1.82) is 0 Å². The van der Waals surface area contributed by atoms with E-state index < -0.39 is 90.9 Å². The van der Waals surface area contributed by atoms with E-state index in [9.17, 15) is 48.9 Å². The summed E-state index contributed by atoms with van der Waals surface area (Å²) < 4.78 is 0. The third-order valence-electron chi connectivity index (χ3n) is 7.42. The first-order valence-electron chi connectivity index (χ1n) is 15.2. The van der Waals surface area contributed by atoms with Crippen molar-refractivity contribution in [3.63, 3.8) is 0 Å². The summed E-state index contributed by atoms with van der Waals surface area (Å²) >= 11 is 0. The van der Waals surface area contributed by atoms with Crippen LogP contribution in [0.15, 0.2) is 12.5 Å². The average molecular weight is 668 g/mol. The zero-order valence-corrected chi connectivity index (χ0v) is 26.3. The number of aliphatic hydroxyl groups is 2. The van der Waals surface area contributed by atoms with Crippen LogP contribution in [-0.4, -0.2) is 128 Å². The molecule has 6 atom stereocenters. The minimum absolute atomic E-state index is 0.0457. The van der Waals surface area contributed by atoms with Crippen molar-refractivity contribution in [2.45, 2.75) is 88.6 Å². The van der Waals surface area contributed by atoms with Crippen molar-refractivity contribution in [2.75, 3.05) is 19.8 Å². The van der Waals surface area contributed by atoms with Gasteiger partial charge in [0.05, 0.1) is 25.6 Å². The minimum Gasteiger partial charge on any atom is -0.480 e. The number of nitrogens with two attached hydrogens (primary N) is 2. The summed E-state index contributed by atoms with van der Waals surface area (Å²) in [5.41, 5.74) is 11.7. The minimum atomic E-state index is -1.68. The normalized spacial score (nSPS) is 17.6. The van der Waals surface area contributed by atoms with Crippen LogP contribution in [-0.2, 0) is 40.0 Å². The van der Waals surface area contributed by atoms with Crippen LogP contribution in [0.3, 0.4) is 0 Å². The third kappa shape index (κ3) is 11.9. The van der Waals surface area contributed by atoms with Crippen molar-refractivity contribution in [1.82, 2.24) is 36.1 Å². The van der Waals surface area contributed by atoms with Crippen LogP contribution in [0.25, 0.3) is 0 Å². The Labute approximate surface area is 270 Å². The number of aliphatic hydroxyl groups excluding tert-OH is 2. The standard InChI is InChI=1S/C28H45N9O10/c1-14(2)8-18(27(45)37-7-3-4-21(37)28(46)47)34-25(43)19(11-38)36-26(44)20(12-39)35-24(42)17(5-6-22(30)40)33-23(41)16(29)9-15-10-31-13-32-15/h10,13-14,16-21,38-39H,3-9,11-12,29H2,1-2H3,(H2,30,40)(H,31,32)(H,33,41)(H,34,43)(H,35,42)(H,36,44)(H,46,47)/t16-,17-,18-,19-,20-,21-/m0/s1. The molecule has 0 saturated carbocycles. The average Bonchev–Trinajstić information content (AvgIpc) is 3.72. The smallest absolute Gasteiger partial charge is 0.326 e. The maximum absolute atomic E-state index is 13.2. The van der Waals surface area contributed by atoms with Gasteiger partial charge in [-0.15, -0.1) is 0 Å². The lowest BCUT2D eigenvalue weighted by Crippen LogP contribution is -2.60. The molecule has 1 aromatic rings. The zero-order chi connectivity index (χ0) is 35.3. The number of hydrogen-bond acceptors (Lipinski definition) is 11. The summed E-state index contributed by atoms with van der Waals surface area (Å²) in [6, 6.07) is -8.02. The van der Waals surface area contributed by atoms with E-state index in [0.717, 1.165) is 0 Å². The van der Waals surface area contributed by atoms with E-state index in [-0.39, 0.29) is 44.6 Å². The largest absolute Gasteiger partial charge is 0.480 e. The Hall–Kier alpha value is -4.62. The van der Waals surface area contributed by atoms with Crippen molar-refractivity contribution < 1.29 is 48.9 Å². The molecule has 0 bridgehead atoms. The molecule has 1 aliphatic rings. The summed E-state index contributed by atoms with van der Waals surface area (Å²) in [7, 11) is 0. The van der Waals surface area contributed by atoms with Gasteiger partial charge in [-0.05, 0) is 31.6 Å². The molecule has 0 spiro atoms. The molecule has 2 heterocycles. The van der Waals surface area contributed by atoms with Crippen LogP contribution >= 0.6 is 0 Å². The molecule has 1 saturated heterocycles. The number of carboxylic acids is 1. The number of hydrogen-bond donors (Lipinski definition) is 10. The molecule has 19 heteroatoms. The zero-order valence-electron chi connectivity index (χ0n) is 26.3. The second kappa shape index (κ2) is 18.5. The molecule has 6 amide bonds. The van der Waals surface area contributed by atoms with Gasteiger partial charge >= 0.3 is 5.97 Å². The monoisotopic (exact) mass is 667 g/mol. The molecule has 0 aromatic carbocycles. The molecule has 1 fully saturated rings. The topological polar surface area (TPSA) is 312 Å². The van der Waals surface area contributed by atoms with E-state index >= 15 is 0 Å². The Morgan fingerprint density at radius 3 is 1.98 bits per heavy atom. The van der Waals surface area contributed by atoms with Crippen molar-refractivity contribution in [2.24, 2.45) is 17.4 Å². The highest BCUT2D eigenvalue weighted by molar-refractivity contribution is 5.96. The van der Waals surface area contributed by atoms with E-state index in [2.05, 4.69) is 31.2 Å². The highest BCUT2D eigenvalue weighted by atomic mass is 16.4. The summed E-state index contributed by atoms with van der Waals surface area (Å²) in [5, 5.41) is 38.5. The summed E-state index contributed by atoms with van der Waals surface area (Å²) in [6.07, 6.45) is 3.18. The van der Waals surface area contributed by atoms with Gasteiger partial charge in [0.25, 0.3) is 0 Å². The SMILES string of the molecule is CC(C)C[C@H](NC(=O)[C@H](CO)NC(=O)[C@H](CO)NC(=O)[C@H](CCC(N)=O)NC(=O)[C@@H](N)Cc1cnc[nH]1)C(=O)N1CCC[C@H]1C(=O)O. The fourth-order valence-corrected chi connectivity index (χ4v) is 4.95. The molecule has 2 rings (SSSR count). The molecule has 1 aliphatic heterocycles. The summed E-state index contributed by atoms with van der Waals surface area (Å²) in [6.45, 7) is 1.87. The second-order valence-corrected chi connectivity index (χ2v) is 11.7. The van der Waals surface area contributed by atoms with E-state index in [1.54, 1.807) is 13.8 Å². The van der Waals surface area contributed by atoms with Gasteiger partial charge in [0, 0.05) is 31.3 Å². The van der Waals surface area contributed by atoms with Crippen LogP contribution in [0.5, 0.6) is 0 Å². The van der Waals surface area contributed by atoms with E-state index in [1.807, 2.05) is 0 Å². The van der Waals surface area contributed by atoms with Crippen LogP contribution in [0.1, 0.15) is 51.6 Å². The number of nitrogens with zero attached hydrogens (tertiary/aromatic N) is 2.